The lowest BCUT2D eigenvalue weighted by atomic mass is 10.0. The highest BCUT2D eigenvalue weighted by Gasteiger charge is 2.29. The van der Waals surface area contributed by atoms with Crippen molar-refractivity contribution >= 4 is 9.84 Å². The molecular weight excluding hydrogens is 358 g/mol. The summed E-state index contributed by atoms with van der Waals surface area (Å²) in [6.07, 6.45) is 1.31. The Labute approximate surface area is 160 Å². The molecular formula is C21H23N3O2S. The van der Waals surface area contributed by atoms with Gasteiger partial charge in [0.25, 0.3) is 0 Å². The van der Waals surface area contributed by atoms with E-state index >= 15 is 0 Å². The van der Waals surface area contributed by atoms with Gasteiger partial charge in [0.1, 0.15) is 5.82 Å². The van der Waals surface area contributed by atoms with Crippen LogP contribution in [-0.2, 0) is 16.3 Å². The van der Waals surface area contributed by atoms with Crippen LogP contribution in [0, 0.1) is 19.8 Å². The second kappa shape index (κ2) is 6.93. The third kappa shape index (κ3) is 3.81. The zero-order valence-electron chi connectivity index (χ0n) is 15.6. The van der Waals surface area contributed by atoms with Gasteiger partial charge in [-0.2, -0.15) is 0 Å². The maximum atomic E-state index is 11.9. The van der Waals surface area contributed by atoms with Crippen LogP contribution in [0.25, 0.3) is 17.1 Å². The maximum Gasteiger partial charge on any atom is 0.181 e. The van der Waals surface area contributed by atoms with Gasteiger partial charge in [0.05, 0.1) is 17.2 Å². The maximum absolute atomic E-state index is 11.9. The van der Waals surface area contributed by atoms with E-state index in [2.05, 4.69) is 26.0 Å². The Balaban J connectivity index is 1.75. The van der Waals surface area contributed by atoms with E-state index in [1.165, 1.54) is 11.1 Å². The van der Waals surface area contributed by atoms with E-state index in [0.29, 0.717) is 18.7 Å². The van der Waals surface area contributed by atoms with Crippen molar-refractivity contribution in [3.63, 3.8) is 0 Å². The first kappa shape index (κ1) is 17.9. The molecule has 1 aromatic heterocycles. The molecule has 140 valence electrons. The Morgan fingerprint density at radius 2 is 1.85 bits per heavy atom. The largest absolute Gasteiger partial charge is 0.229 e. The fourth-order valence-corrected chi connectivity index (χ4v) is 5.40. The first-order valence-corrected chi connectivity index (χ1v) is 11.0. The number of rotatable bonds is 4. The molecule has 1 aliphatic rings. The second-order valence-corrected chi connectivity index (χ2v) is 9.60. The lowest BCUT2D eigenvalue weighted by Gasteiger charge is -2.10. The molecule has 2 aromatic carbocycles. The molecule has 0 bridgehead atoms. The van der Waals surface area contributed by atoms with Crippen LogP contribution >= 0.6 is 0 Å². The Morgan fingerprint density at radius 1 is 1.07 bits per heavy atom. The van der Waals surface area contributed by atoms with Crippen LogP contribution in [0.1, 0.15) is 23.4 Å². The Hall–Kier alpha value is -2.47. The first-order chi connectivity index (χ1) is 12.9. The molecule has 27 heavy (non-hydrogen) atoms. The molecule has 4 rings (SSSR count). The third-order valence-electron chi connectivity index (χ3n) is 5.24. The van der Waals surface area contributed by atoms with Crippen molar-refractivity contribution in [3.05, 3.63) is 65.5 Å². The lowest BCUT2D eigenvalue weighted by molar-refractivity contribution is 0.559. The summed E-state index contributed by atoms with van der Waals surface area (Å²) in [5, 5.41) is 4.76. The monoisotopic (exact) mass is 381 g/mol. The van der Waals surface area contributed by atoms with Crippen molar-refractivity contribution < 1.29 is 8.42 Å². The van der Waals surface area contributed by atoms with E-state index in [4.69, 9.17) is 10.1 Å². The summed E-state index contributed by atoms with van der Waals surface area (Å²) in [5.74, 6) is 2.12. The summed E-state index contributed by atoms with van der Waals surface area (Å²) >= 11 is 0. The molecule has 0 saturated carbocycles. The SMILES string of the molecule is Cc1ccc(-n2nc(-c3ccccc3)nc2C[C@H]2CCS(=O)(=O)C2)cc1C. The number of hydrogen-bond donors (Lipinski definition) is 0. The van der Waals surface area contributed by atoms with Crippen molar-refractivity contribution in [2.24, 2.45) is 5.92 Å². The second-order valence-electron chi connectivity index (χ2n) is 7.37. The summed E-state index contributed by atoms with van der Waals surface area (Å²) in [6.45, 7) is 4.16. The van der Waals surface area contributed by atoms with Crippen molar-refractivity contribution in [1.29, 1.82) is 0 Å². The Kier molecular flexibility index (Phi) is 4.60. The van der Waals surface area contributed by atoms with Gasteiger partial charge < -0.3 is 0 Å². The molecule has 0 aliphatic carbocycles. The minimum absolute atomic E-state index is 0.105. The zero-order chi connectivity index (χ0) is 19.0. The minimum Gasteiger partial charge on any atom is -0.229 e. The normalized spacial score (nSPS) is 18.7. The topological polar surface area (TPSA) is 64.8 Å². The van der Waals surface area contributed by atoms with Gasteiger partial charge in [-0.1, -0.05) is 36.4 Å². The number of sulfone groups is 1. The quantitative estimate of drug-likeness (QED) is 0.693. The molecule has 5 nitrogen and oxygen atoms in total. The van der Waals surface area contributed by atoms with E-state index in [1.807, 2.05) is 41.1 Å². The van der Waals surface area contributed by atoms with E-state index in [-0.39, 0.29) is 17.4 Å². The van der Waals surface area contributed by atoms with Crippen LogP contribution < -0.4 is 0 Å². The van der Waals surface area contributed by atoms with Crippen LogP contribution in [0.4, 0.5) is 0 Å². The molecule has 3 aromatic rings. The Bertz CT molecular complexity index is 1070. The molecule has 0 N–H and O–H groups in total. The van der Waals surface area contributed by atoms with Crippen molar-refractivity contribution in [1.82, 2.24) is 14.8 Å². The fraction of sp³-hybridized carbons (Fsp3) is 0.333. The number of nitrogens with zero attached hydrogens (tertiary/aromatic N) is 3. The molecule has 1 fully saturated rings. The van der Waals surface area contributed by atoms with Crippen molar-refractivity contribution in [2.75, 3.05) is 11.5 Å². The van der Waals surface area contributed by atoms with Gasteiger partial charge in [-0.05, 0) is 49.4 Å². The highest BCUT2D eigenvalue weighted by Crippen LogP contribution is 2.25. The van der Waals surface area contributed by atoms with E-state index in [0.717, 1.165) is 17.1 Å². The van der Waals surface area contributed by atoms with Crippen molar-refractivity contribution in [2.45, 2.75) is 26.7 Å². The van der Waals surface area contributed by atoms with E-state index in [1.54, 1.807) is 0 Å². The van der Waals surface area contributed by atoms with Gasteiger partial charge in [-0.15, -0.1) is 5.10 Å². The Morgan fingerprint density at radius 3 is 2.52 bits per heavy atom. The smallest absolute Gasteiger partial charge is 0.181 e. The van der Waals surface area contributed by atoms with Gasteiger partial charge in [0, 0.05) is 12.0 Å². The van der Waals surface area contributed by atoms with Gasteiger partial charge in [-0.3, -0.25) is 0 Å². The average molecular weight is 382 g/mol. The van der Waals surface area contributed by atoms with Crippen molar-refractivity contribution in [3.8, 4) is 17.1 Å². The molecule has 0 amide bonds. The fourth-order valence-electron chi connectivity index (χ4n) is 3.54. The van der Waals surface area contributed by atoms with Crippen LogP contribution in [-0.4, -0.2) is 34.7 Å². The molecule has 0 unspecified atom stereocenters. The van der Waals surface area contributed by atoms with E-state index in [9.17, 15) is 8.42 Å². The zero-order valence-corrected chi connectivity index (χ0v) is 16.4. The molecule has 6 heteroatoms. The van der Waals surface area contributed by atoms with Crippen LogP contribution in [0.5, 0.6) is 0 Å². The lowest BCUT2D eigenvalue weighted by Crippen LogP contribution is -2.12. The van der Waals surface area contributed by atoms with Crippen LogP contribution in [0.15, 0.2) is 48.5 Å². The number of aromatic nitrogens is 3. The number of benzene rings is 2. The predicted molar refractivity (Wildman–Crippen MR) is 107 cm³/mol. The summed E-state index contributed by atoms with van der Waals surface area (Å²) in [5.41, 5.74) is 4.34. The number of hydrogen-bond acceptors (Lipinski definition) is 4. The van der Waals surface area contributed by atoms with Gasteiger partial charge in [0.2, 0.25) is 0 Å². The van der Waals surface area contributed by atoms with Gasteiger partial charge >= 0.3 is 0 Å². The standard InChI is InChI=1S/C21H23N3O2S/c1-15-8-9-19(12-16(15)2)24-20(13-17-10-11-27(25,26)14-17)22-21(23-24)18-6-4-3-5-7-18/h3-9,12,17H,10-11,13-14H2,1-2H3/t17-/m1/s1. The molecule has 1 aliphatic heterocycles. The van der Waals surface area contributed by atoms with Gasteiger partial charge in [-0.25, -0.2) is 18.1 Å². The summed E-state index contributed by atoms with van der Waals surface area (Å²) in [4.78, 5) is 4.78. The average Bonchev–Trinajstić information content (AvgIpc) is 3.21. The predicted octanol–water partition coefficient (Wildman–Crippen LogP) is 3.53. The molecule has 1 saturated heterocycles. The van der Waals surface area contributed by atoms with Crippen LogP contribution in [0.2, 0.25) is 0 Å². The highest BCUT2D eigenvalue weighted by atomic mass is 32.2. The third-order valence-corrected chi connectivity index (χ3v) is 7.08. The summed E-state index contributed by atoms with van der Waals surface area (Å²) in [6, 6.07) is 16.1. The van der Waals surface area contributed by atoms with E-state index < -0.39 is 9.84 Å². The summed E-state index contributed by atoms with van der Waals surface area (Å²) < 4.78 is 25.6. The first-order valence-electron chi connectivity index (χ1n) is 9.21. The molecule has 0 spiro atoms. The number of aryl methyl sites for hydroxylation is 2. The minimum atomic E-state index is -2.91. The van der Waals surface area contributed by atoms with Crippen LogP contribution in [0.3, 0.4) is 0 Å². The van der Waals surface area contributed by atoms with Gasteiger partial charge in [0.15, 0.2) is 15.7 Å². The molecule has 0 radical (unpaired) electrons. The highest BCUT2D eigenvalue weighted by molar-refractivity contribution is 7.91. The molecule has 2 heterocycles. The molecule has 1 atom stereocenters. The summed E-state index contributed by atoms with van der Waals surface area (Å²) in [7, 11) is -2.91.